The Balaban J connectivity index is 1.75. The summed E-state index contributed by atoms with van der Waals surface area (Å²) in [6.07, 6.45) is 1.54. The molecule has 2 amide bonds. The predicted molar refractivity (Wildman–Crippen MR) is 86.7 cm³/mol. The van der Waals surface area contributed by atoms with Gasteiger partial charge in [0.25, 0.3) is 5.91 Å². The molecule has 3 N–H and O–H groups in total. The first kappa shape index (κ1) is 16.5. The summed E-state index contributed by atoms with van der Waals surface area (Å²) >= 11 is 4.90. The van der Waals surface area contributed by atoms with Gasteiger partial charge in [0.2, 0.25) is 5.91 Å². The molecule has 0 unspecified atom stereocenters. The number of nitrogens with one attached hydrogen (secondary N) is 3. The standard InChI is InChI=1S/C15H15N3O4S/c1-21-11-6-4-10(5-7-11)9-13(19)17-18-15(23)16-14(20)12-3-2-8-22-12/h2-8H,9H2,1H3,(H,17,19)(H2,16,18,20,23). The van der Waals surface area contributed by atoms with Crippen molar-refractivity contribution in [3.8, 4) is 5.75 Å². The number of hydrazine groups is 1. The van der Waals surface area contributed by atoms with Gasteiger partial charge in [-0.1, -0.05) is 12.1 Å². The lowest BCUT2D eigenvalue weighted by Crippen LogP contribution is -2.48. The minimum Gasteiger partial charge on any atom is -0.497 e. The number of benzene rings is 1. The van der Waals surface area contributed by atoms with Gasteiger partial charge in [-0.05, 0) is 42.0 Å². The highest BCUT2D eigenvalue weighted by Crippen LogP contribution is 2.11. The smallest absolute Gasteiger partial charge is 0.293 e. The summed E-state index contributed by atoms with van der Waals surface area (Å²) in [4.78, 5) is 23.4. The van der Waals surface area contributed by atoms with Crippen LogP contribution in [0.3, 0.4) is 0 Å². The van der Waals surface area contributed by atoms with Gasteiger partial charge >= 0.3 is 0 Å². The molecule has 0 saturated carbocycles. The van der Waals surface area contributed by atoms with Crippen molar-refractivity contribution in [2.45, 2.75) is 6.42 Å². The number of furan rings is 1. The highest BCUT2D eigenvalue weighted by molar-refractivity contribution is 7.80. The molecular formula is C15H15N3O4S. The van der Waals surface area contributed by atoms with E-state index < -0.39 is 5.91 Å². The SMILES string of the molecule is COc1ccc(CC(=O)NNC(=S)NC(=O)c2ccco2)cc1. The maximum absolute atomic E-state index is 11.8. The molecule has 0 aliphatic carbocycles. The third kappa shape index (κ3) is 5.11. The highest BCUT2D eigenvalue weighted by Gasteiger charge is 2.10. The van der Waals surface area contributed by atoms with Crippen LogP contribution >= 0.6 is 12.2 Å². The fraction of sp³-hybridized carbons (Fsp3) is 0.133. The lowest BCUT2D eigenvalue weighted by Gasteiger charge is -2.10. The predicted octanol–water partition coefficient (Wildman–Crippen LogP) is 1.17. The summed E-state index contributed by atoms with van der Waals surface area (Å²) in [5.41, 5.74) is 5.67. The molecule has 23 heavy (non-hydrogen) atoms. The highest BCUT2D eigenvalue weighted by atomic mass is 32.1. The number of carbonyl (C=O) groups is 2. The van der Waals surface area contributed by atoms with Gasteiger partial charge in [-0.15, -0.1) is 0 Å². The van der Waals surface area contributed by atoms with Crippen LogP contribution in [0.15, 0.2) is 47.1 Å². The Morgan fingerprint density at radius 3 is 2.52 bits per heavy atom. The van der Waals surface area contributed by atoms with Gasteiger partial charge in [0.15, 0.2) is 10.9 Å². The van der Waals surface area contributed by atoms with Crippen molar-refractivity contribution in [2.75, 3.05) is 7.11 Å². The lowest BCUT2D eigenvalue weighted by atomic mass is 10.1. The van der Waals surface area contributed by atoms with Crippen molar-refractivity contribution in [1.29, 1.82) is 0 Å². The van der Waals surface area contributed by atoms with E-state index in [0.717, 1.165) is 5.56 Å². The molecule has 2 aromatic rings. The van der Waals surface area contributed by atoms with Crippen molar-refractivity contribution in [3.63, 3.8) is 0 Å². The normalized spacial score (nSPS) is 9.78. The maximum Gasteiger partial charge on any atom is 0.293 e. The van der Waals surface area contributed by atoms with E-state index in [1.54, 1.807) is 37.4 Å². The molecular weight excluding hydrogens is 318 g/mol. The first-order valence-electron chi connectivity index (χ1n) is 6.65. The Morgan fingerprint density at radius 2 is 1.91 bits per heavy atom. The van der Waals surface area contributed by atoms with Crippen molar-refractivity contribution in [1.82, 2.24) is 16.2 Å². The van der Waals surface area contributed by atoms with Crippen molar-refractivity contribution in [2.24, 2.45) is 0 Å². The first-order chi connectivity index (χ1) is 11.1. The topological polar surface area (TPSA) is 92.6 Å². The molecule has 7 nitrogen and oxygen atoms in total. The van der Waals surface area contributed by atoms with Crippen LogP contribution in [-0.2, 0) is 11.2 Å². The zero-order valence-electron chi connectivity index (χ0n) is 12.3. The van der Waals surface area contributed by atoms with Crippen LogP contribution in [0.4, 0.5) is 0 Å². The van der Waals surface area contributed by atoms with Gasteiger partial charge in [-0.3, -0.25) is 25.8 Å². The molecule has 0 aliphatic rings. The van der Waals surface area contributed by atoms with E-state index in [1.165, 1.54) is 12.3 Å². The summed E-state index contributed by atoms with van der Waals surface area (Å²) in [5, 5.41) is 2.34. The minimum absolute atomic E-state index is 0.0329. The number of carbonyl (C=O) groups excluding carboxylic acids is 2. The Hall–Kier alpha value is -2.87. The summed E-state index contributed by atoms with van der Waals surface area (Å²) in [6, 6.07) is 10.2. The van der Waals surface area contributed by atoms with Crippen molar-refractivity contribution < 1.29 is 18.7 Å². The first-order valence-corrected chi connectivity index (χ1v) is 7.06. The maximum atomic E-state index is 11.8. The van der Waals surface area contributed by atoms with Gasteiger partial charge in [-0.2, -0.15) is 0 Å². The third-order valence-electron chi connectivity index (χ3n) is 2.81. The van der Waals surface area contributed by atoms with Crippen LogP contribution in [0, 0.1) is 0 Å². The molecule has 0 radical (unpaired) electrons. The van der Waals surface area contributed by atoms with Gasteiger partial charge in [-0.25, -0.2) is 0 Å². The summed E-state index contributed by atoms with van der Waals surface area (Å²) in [7, 11) is 1.57. The summed E-state index contributed by atoms with van der Waals surface area (Å²) < 4.78 is 9.97. The quantitative estimate of drug-likeness (QED) is 0.574. The molecule has 120 valence electrons. The molecule has 1 heterocycles. The second-order valence-corrected chi connectivity index (χ2v) is 4.87. The summed E-state index contributed by atoms with van der Waals surface area (Å²) in [6.45, 7) is 0. The number of hydrogen-bond donors (Lipinski definition) is 3. The summed E-state index contributed by atoms with van der Waals surface area (Å²) in [5.74, 6) is 0.0366. The van der Waals surface area contributed by atoms with E-state index in [-0.39, 0.29) is 23.2 Å². The van der Waals surface area contributed by atoms with Crippen LogP contribution in [0.25, 0.3) is 0 Å². The van der Waals surface area contributed by atoms with Crippen LogP contribution in [0.2, 0.25) is 0 Å². The van der Waals surface area contributed by atoms with Gasteiger partial charge in [0.05, 0.1) is 19.8 Å². The van der Waals surface area contributed by atoms with Crippen molar-refractivity contribution >= 4 is 29.1 Å². The molecule has 0 fully saturated rings. The van der Waals surface area contributed by atoms with Gasteiger partial charge in [0.1, 0.15) is 5.75 Å². The average molecular weight is 333 g/mol. The number of methoxy groups -OCH3 is 1. The lowest BCUT2D eigenvalue weighted by molar-refractivity contribution is -0.121. The molecule has 0 aliphatic heterocycles. The minimum atomic E-state index is -0.503. The van der Waals surface area contributed by atoms with Crippen LogP contribution < -0.4 is 20.9 Å². The zero-order valence-corrected chi connectivity index (χ0v) is 13.1. The Labute approximate surface area is 138 Å². The van der Waals surface area contributed by atoms with Gasteiger partial charge < -0.3 is 9.15 Å². The third-order valence-corrected chi connectivity index (χ3v) is 3.02. The number of rotatable bonds is 4. The fourth-order valence-electron chi connectivity index (χ4n) is 1.70. The number of hydrogen-bond acceptors (Lipinski definition) is 5. The Kier molecular flexibility index (Phi) is 5.70. The van der Waals surface area contributed by atoms with Crippen LogP contribution in [0.5, 0.6) is 5.75 Å². The fourth-order valence-corrected chi connectivity index (χ4v) is 1.85. The van der Waals surface area contributed by atoms with E-state index >= 15 is 0 Å². The zero-order chi connectivity index (χ0) is 16.7. The monoisotopic (exact) mass is 333 g/mol. The molecule has 1 aromatic carbocycles. The van der Waals surface area contributed by atoms with Crippen LogP contribution in [0.1, 0.15) is 16.1 Å². The largest absolute Gasteiger partial charge is 0.497 e. The van der Waals surface area contributed by atoms with Crippen LogP contribution in [-0.4, -0.2) is 24.0 Å². The second kappa shape index (κ2) is 7.95. The molecule has 1 aromatic heterocycles. The molecule has 2 rings (SSSR count). The second-order valence-electron chi connectivity index (χ2n) is 4.46. The molecule has 0 saturated heterocycles. The van der Waals surface area contributed by atoms with E-state index in [1.807, 2.05) is 0 Å². The van der Waals surface area contributed by atoms with E-state index in [0.29, 0.717) is 5.75 Å². The van der Waals surface area contributed by atoms with E-state index in [4.69, 9.17) is 21.4 Å². The molecule has 8 heteroatoms. The molecule has 0 bridgehead atoms. The Bertz CT molecular complexity index is 683. The number of thiocarbonyl (C=S) groups is 1. The average Bonchev–Trinajstić information content (AvgIpc) is 3.08. The van der Waals surface area contributed by atoms with E-state index in [2.05, 4.69) is 16.2 Å². The number of amides is 2. The Morgan fingerprint density at radius 1 is 1.17 bits per heavy atom. The van der Waals surface area contributed by atoms with E-state index in [9.17, 15) is 9.59 Å². The molecule has 0 spiro atoms. The van der Waals surface area contributed by atoms with Gasteiger partial charge in [0, 0.05) is 0 Å². The number of ether oxygens (including phenoxy) is 1. The molecule has 0 atom stereocenters. The van der Waals surface area contributed by atoms with Crippen molar-refractivity contribution in [3.05, 3.63) is 54.0 Å².